The standard InChI is InChI=1S/C30H34ClNO5/c1-17(2)22-15-23-28(30(37)32(29(23)36)20-7-5-4-6-8-20)24(16-33)27(22)26(35)12-9-18(3)13-19-10-11-21(34)14-25(19)31/h4-8,10-11,13-14,17,23-24,26,28,33-35H,9,12,15-16H2,1-3H3/b18-13+/t23-,24+,26-,28-/m1/s1. The molecule has 1 fully saturated rings. The van der Waals surface area contributed by atoms with Crippen molar-refractivity contribution in [1.29, 1.82) is 0 Å². The first-order valence-corrected chi connectivity index (χ1v) is 13.1. The third-order valence-electron chi connectivity index (χ3n) is 7.59. The van der Waals surface area contributed by atoms with Crippen LogP contribution in [0.4, 0.5) is 5.69 Å². The van der Waals surface area contributed by atoms with E-state index in [9.17, 15) is 24.9 Å². The molecule has 1 aliphatic carbocycles. The van der Waals surface area contributed by atoms with Crippen LogP contribution in [-0.2, 0) is 9.59 Å². The molecule has 1 aliphatic heterocycles. The van der Waals surface area contributed by atoms with Crippen LogP contribution >= 0.6 is 11.6 Å². The van der Waals surface area contributed by atoms with E-state index >= 15 is 0 Å². The van der Waals surface area contributed by atoms with Gasteiger partial charge >= 0.3 is 0 Å². The first-order chi connectivity index (χ1) is 17.6. The molecule has 0 bridgehead atoms. The summed E-state index contributed by atoms with van der Waals surface area (Å²) >= 11 is 6.23. The van der Waals surface area contributed by atoms with E-state index in [0.29, 0.717) is 35.5 Å². The van der Waals surface area contributed by atoms with Crippen LogP contribution in [0.1, 0.15) is 45.6 Å². The summed E-state index contributed by atoms with van der Waals surface area (Å²) in [6.07, 6.45) is 2.44. The summed E-state index contributed by atoms with van der Waals surface area (Å²) < 4.78 is 0. The van der Waals surface area contributed by atoms with E-state index < -0.39 is 23.9 Å². The molecule has 37 heavy (non-hydrogen) atoms. The van der Waals surface area contributed by atoms with Crippen molar-refractivity contribution in [1.82, 2.24) is 0 Å². The molecule has 2 aliphatic rings. The largest absolute Gasteiger partial charge is 0.508 e. The molecule has 196 valence electrons. The zero-order valence-corrected chi connectivity index (χ0v) is 22.2. The lowest BCUT2D eigenvalue weighted by atomic mass is 9.66. The molecule has 0 radical (unpaired) electrons. The van der Waals surface area contributed by atoms with E-state index in [4.69, 9.17) is 11.6 Å². The van der Waals surface area contributed by atoms with Gasteiger partial charge in [0.25, 0.3) is 0 Å². The highest BCUT2D eigenvalue weighted by Crippen LogP contribution is 2.48. The predicted molar refractivity (Wildman–Crippen MR) is 145 cm³/mol. The number of phenols is 1. The van der Waals surface area contributed by atoms with Crippen molar-refractivity contribution in [3.63, 3.8) is 0 Å². The van der Waals surface area contributed by atoms with Gasteiger partial charge in [0.1, 0.15) is 5.75 Å². The van der Waals surface area contributed by atoms with Crippen LogP contribution in [0.3, 0.4) is 0 Å². The number of carbonyl (C=O) groups excluding carboxylic acids is 2. The average Bonchev–Trinajstić information content (AvgIpc) is 3.13. The van der Waals surface area contributed by atoms with E-state index in [1.54, 1.807) is 36.4 Å². The number of halogens is 1. The number of carbonyl (C=O) groups is 2. The Morgan fingerprint density at radius 2 is 1.84 bits per heavy atom. The molecule has 6 nitrogen and oxygen atoms in total. The first kappa shape index (κ1) is 27.1. The molecule has 2 aromatic carbocycles. The van der Waals surface area contributed by atoms with Crippen LogP contribution in [0.2, 0.25) is 5.02 Å². The minimum absolute atomic E-state index is 0.0563. The summed E-state index contributed by atoms with van der Waals surface area (Å²) in [5.74, 6) is -2.26. The fourth-order valence-electron chi connectivity index (χ4n) is 5.77. The van der Waals surface area contributed by atoms with Gasteiger partial charge in [-0.2, -0.15) is 0 Å². The summed E-state index contributed by atoms with van der Waals surface area (Å²) in [6, 6.07) is 13.7. The number of aliphatic hydroxyl groups is 2. The van der Waals surface area contributed by atoms with Crippen molar-refractivity contribution in [3.8, 4) is 5.75 Å². The van der Waals surface area contributed by atoms with Crippen LogP contribution in [-0.4, -0.2) is 39.8 Å². The van der Waals surface area contributed by atoms with Crippen LogP contribution in [0.5, 0.6) is 5.75 Å². The topological polar surface area (TPSA) is 98.1 Å². The summed E-state index contributed by atoms with van der Waals surface area (Å²) in [6.45, 7) is 5.67. The highest BCUT2D eigenvalue weighted by molar-refractivity contribution is 6.32. The molecule has 4 atom stereocenters. The molecular formula is C30H34ClNO5. The van der Waals surface area contributed by atoms with Crippen LogP contribution in [0.15, 0.2) is 65.3 Å². The molecule has 4 rings (SSSR count). The number of hydrogen-bond acceptors (Lipinski definition) is 5. The molecule has 0 saturated carbocycles. The Kier molecular flexibility index (Phi) is 8.22. The van der Waals surface area contributed by atoms with E-state index in [-0.39, 0.29) is 30.1 Å². The molecule has 7 heteroatoms. The Hall–Kier alpha value is -2.93. The molecular weight excluding hydrogens is 490 g/mol. The molecule has 1 heterocycles. The van der Waals surface area contributed by atoms with Crippen molar-refractivity contribution in [2.45, 2.75) is 46.1 Å². The van der Waals surface area contributed by atoms with E-state index in [0.717, 1.165) is 16.7 Å². The van der Waals surface area contributed by atoms with Gasteiger partial charge in [-0.3, -0.25) is 14.5 Å². The van der Waals surface area contributed by atoms with Crippen molar-refractivity contribution in [2.75, 3.05) is 11.5 Å². The maximum Gasteiger partial charge on any atom is 0.238 e. The average molecular weight is 524 g/mol. The lowest BCUT2D eigenvalue weighted by Gasteiger charge is -2.38. The number of imide groups is 1. The predicted octanol–water partition coefficient (Wildman–Crippen LogP) is 5.36. The number of para-hydroxylation sites is 1. The maximum absolute atomic E-state index is 13.5. The van der Waals surface area contributed by atoms with Crippen molar-refractivity contribution in [3.05, 3.63) is 75.8 Å². The fourth-order valence-corrected chi connectivity index (χ4v) is 6.00. The molecule has 3 N–H and O–H groups in total. The van der Waals surface area contributed by atoms with E-state index in [1.165, 1.54) is 11.0 Å². The number of rotatable bonds is 8. The summed E-state index contributed by atoms with van der Waals surface area (Å²) in [5, 5.41) is 31.9. The van der Waals surface area contributed by atoms with Gasteiger partial charge in [0.15, 0.2) is 0 Å². The van der Waals surface area contributed by atoms with Gasteiger partial charge < -0.3 is 15.3 Å². The zero-order chi connectivity index (χ0) is 26.9. The number of benzene rings is 2. The second-order valence-corrected chi connectivity index (χ2v) is 10.8. The highest BCUT2D eigenvalue weighted by atomic mass is 35.5. The van der Waals surface area contributed by atoms with Crippen molar-refractivity contribution < 1.29 is 24.9 Å². The minimum atomic E-state index is -0.859. The second-order valence-electron chi connectivity index (χ2n) is 10.4. The smallest absolute Gasteiger partial charge is 0.238 e. The molecule has 0 aromatic heterocycles. The Balaban J connectivity index is 1.59. The second kappa shape index (κ2) is 11.2. The molecule has 2 aromatic rings. The summed E-state index contributed by atoms with van der Waals surface area (Å²) in [7, 11) is 0. The SMILES string of the molecule is C/C(=C\c1ccc(O)cc1Cl)CC[C@@H](O)C1=C(C(C)C)C[C@H]2C(=O)N(c3ccccc3)C(=O)[C@H]2[C@H]1CO. The number of amides is 2. The van der Waals surface area contributed by atoms with E-state index in [2.05, 4.69) is 0 Å². The normalized spacial score (nSPS) is 23.2. The van der Waals surface area contributed by atoms with Crippen LogP contribution in [0.25, 0.3) is 6.08 Å². The van der Waals surface area contributed by atoms with Crippen LogP contribution < -0.4 is 4.90 Å². The number of fused-ring (bicyclic) bond motifs is 1. The number of nitrogens with zero attached hydrogens (tertiary/aromatic N) is 1. The molecule has 0 spiro atoms. The Morgan fingerprint density at radius 1 is 1.14 bits per heavy atom. The first-order valence-electron chi connectivity index (χ1n) is 12.7. The van der Waals surface area contributed by atoms with Gasteiger partial charge in [-0.25, -0.2) is 0 Å². The molecule has 0 unspecified atom stereocenters. The van der Waals surface area contributed by atoms with Gasteiger partial charge in [0, 0.05) is 5.92 Å². The quantitative estimate of drug-likeness (QED) is 0.319. The Morgan fingerprint density at radius 3 is 2.46 bits per heavy atom. The van der Waals surface area contributed by atoms with Gasteiger partial charge in [0.2, 0.25) is 11.8 Å². The van der Waals surface area contributed by atoms with Gasteiger partial charge in [-0.1, -0.05) is 60.9 Å². The number of aromatic hydroxyl groups is 1. The number of phenolic OH excluding ortho intramolecular Hbond substituents is 1. The lowest BCUT2D eigenvalue weighted by Crippen LogP contribution is -2.39. The van der Waals surface area contributed by atoms with Crippen molar-refractivity contribution in [2.24, 2.45) is 23.7 Å². The van der Waals surface area contributed by atoms with Gasteiger partial charge in [-0.05, 0) is 73.6 Å². The Bertz CT molecular complexity index is 1240. The summed E-state index contributed by atoms with van der Waals surface area (Å²) in [4.78, 5) is 28.2. The highest BCUT2D eigenvalue weighted by Gasteiger charge is 2.55. The molecule has 1 saturated heterocycles. The maximum atomic E-state index is 13.5. The van der Waals surface area contributed by atoms with E-state index in [1.807, 2.05) is 32.9 Å². The molecule has 2 amide bonds. The van der Waals surface area contributed by atoms with Gasteiger partial charge in [-0.15, -0.1) is 0 Å². The zero-order valence-electron chi connectivity index (χ0n) is 21.4. The minimum Gasteiger partial charge on any atom is -0.508 e. The van der Waals surface area contributed by atoms with Gasteiger partial charge in [0.05, 0.1) is 35.3 Å². The summed E-state index contributed by atoms with van der Waals surface area (Å²) in [5.41, 5.74) is 3.95. The Labute approximate surface area is 222 Å². The lowest BCUT2D eigenvalue weighted by molar-refractivity contribution is -0.123. The number of aliphatic hydroxyl groups excluding tert-OH is 2. The third kappa shape index (κ3) is 5.37. The number of hydrogen-bond donors (Lipinski definition) is 3. The number of anilines is 1. The monoisotopic (exact) mass is 523 g/mol. The fraction of sp³-hybridized carbons (Fsp3) is 0.400. The number of allylic oxidation sites excluding steroid dienone is 2. The van der Waals surface area contributed by atoms with Crippen LogP contribution in [0, 0.1) is 23.7 Å². The third-order valence-corrected chi connectivity index (χ3v) is 7.91. The van der Waals surface area contributed by atoms with Crippen molar-refractivity contribution >= 4 is 35.2 Å².